The summed E-state index contributed by atoms with van der Waals surface area (Å²) >= 11 is 0. The Kier molecular flexibility index (Phi) is 5.04. The molecular formula is C20H23NO3. The van der Waals surface area contributed by atoms with E-state index in [1.165, 1.54) is 0 Å². The van der Waals surface area contributed by atoms with E-state index < -0.39 is 0 Å². The second-order valence-corrected chi connectivity index (χ2v) is 6.14. The molecule has 1 aliphatic rings. The monoisotopic (exact) mass is 325 g/mol. The van der Waals surface area contributed by atoms with E-state index in [1.54, 1.807) is 12.0 Å². The van der Waals surface area contributed by atoms with Gasteiger partial charge in [0.25, 0.3) is 0 Å². The number of hydrogen-bond donors (Lipinski definition) is 0. The Morgan fingerprint density at radius 3 is 2.79 bits per heavy atom. The third-order valence-corrected chi connectivity index (χ3v) is 4.51. The van der Waals surface area contributed by atoms with Gasteiger partial charge in [0.2, 0.25) is 5.91 Å². The summed E-state index contributed by atoms with van der Waals surface area (Å²) < 4.78 is 11.1. The molecule has 0 bridgehead atoms. The van der Waals surface area contributed by atoms with Crippen molar-refractivity contribution in [3.63, 3.8) is 0 Å². The summed E-state index contributed by atoms with van der Waals surface area (Å²) in [6, 6.07) is 15.9. The van der Waals surface area contributed by atoms with Crippen LogP contribution in [0, 0.1) is 5.92 Å². The van der Waals surface area contributed by atoms with Gasteiger partial charge in [-0.3, -0.25) is 4.79 Å². The van der Waals surface area contributed by atoms with Gasteiger partial charge >= 0.3 is 0 Å². The van der Waals surface area contributed by atoms with Gasteiger partial charge < -0.3 is 14.4 Å². The van der Waals surface area contributed by atoms with Gasteiger partial charge in [-0.2, -0.15) is 0 Å². The molecule has 0 N–H and O–H groups in total. The highest BCUT2D eigenvalue weighted by molar-refractivity contribution is 5.79. The molecule has 126 valence electrons. The minimum absolute atomic E-state index is 0.109. The minimum atomic E-state index is -0.109. The van der Waals surface area contributed by atoms with Gasteiger partial charge in [-0.05, 0) is 36.1 Å². The van der Waals surface area contributed by atoms with Crippen LogP contribution in [0.1, 0.15) is 11.1 Å². The van der Waals surface area contributed by atoms with E-state index in [2.05, 4.69) is 0 Å². The van der Waals surface area contributed by atoms with E-state index in [0.717, 1.165) is 35.5 Å². The first-order valence-electron chi connectivity index (χ1n) is 8.26. The zero-order valence-corrected chi connectivity index (χ0v) is 14.2. The van der Waals surface area contributed by atoms with Crippen molar-refractivity contribution < 1.29 is 14.3 Å². The Morgan fingerprint density at radius 2 is 1.96 bits per heavy atom. The fraction of sp³-hybridized carbons (Fsp3) is 0.350. The first-order chi connectivity index (χ1) is 11.7. The number of ether oxygens (including phenoxy) is 2. The van der Waals surface area contributed by atoms with Crippen LogP contribution in [0.15, 0.2) is 48.5 Å². The quantitative estimate of drug-likeness (QED) is 0.848. The normalized spacial score (nSPS) is 16.0. The fourth-order valence-corrected chi connectivity index (χ4v) is 3.11. The number of amides is 1. The van der Waals surface area contributed by atoms with Crippen molar-refractivity contribution in [2.45, 2.75) is 12.8 Å². The van der Waals surface area contributed by atoms with Gasteiger partial charge in [-0.15, -0.1) is 0 Å². The Balaban J connectivity index is 1.59. The number of methoxy groups -OCH3 is 1. The molecule has 24 heavy (non-hydrogen) atoms. The highest BCUT2D eigenvalue weighted by Gasteiger charge is 2.27. The van der Waals surface area contributed by atoms with E-state index in [9.17, 15) is 4.79 Å². The summed E-state index contributed by atoms with van der Waals surface area (Å²) in [4.78, 5) is 14.5. The number of hydrogen-bond acceptors (Lipinski definition) is 3. The molecular weight excluding hydrogens is 302 g/mol. The maximum atomic E-state index is 12.7. The lowest BCUT2D eigenvalue weighted by atomic mass is 9.95. The van der Waals surface area contributed by atoms with Gasteiger partial charge in [0, 0.05) is 13.6 Å². The van der Waals surface area contributed by atoms with Crippen LogP contribution in [0.3, 0.4) is 0 Å². The highest BCUT2D eigenvalue weighted by Crippen LogP contribution is 2.27. The number of benzene rings is 2. The van der Waals surface area contributed by atoms with Crippen LogP contribution in [0.4, 0.5) is 0 Å². The maximum Gasteiger partial charge on any atom is 0.229 e. The van der Waals surface area contributed by atoms with Crippen LogP contribution in [0.2, 0.25) is 0 Å². The first kappa shape index (κ1) is 16.4. The number of rotatable bonds is 5. The molecule has 2 aromatic carbocycles. The standard InChI is InChI=1S/C20H23NO3/c1-21(12-11-15-7-3-5-9-18(15)23-2)20(22)17-13-16-8-4-6-10-19(16)24-14-17/h3-10,17H,11-14H2,1-2H3. The molecule has 0 saturated carbocycles. The van der Waals surface area contributed by atoms with Crippen molar-refractivity contribution in [2.75, 3.05) is 27.3 Å². The zero-order valence-electron chi connectivity index (χ0n) is 14.2. The van der Waals surface area contributed by atoms with Crippen molar-refractivity contribution in [3.05, 3.63) is 59.7 Å². The summed E-state index contributed by atoms with van der Waals surface area (Å²) in [5.74, 6) is 1.80. The number of nitrogens with zero attached hydrogens (tertiary/aromatic N) is 1. The van der Waals surface area contributed by atoms with Gasteiger partial charge in [0.1, 0.15) is 18.1 Å². The second-order valence-electron chi connectivity index (χ2n) is 6.14. The van der Waals surface area contributed by atoms with Crippen LogP contribution in [-0.4, -0.2) is 38.1 Å². The van der Waals surface area contributed by atoms with E-state index >= 15 is 0 Å². The minimum Gasteiger partial charge on any atom is -0.496 e. The summed E-state index contributed by atoms with van der Waals surface area (Å²) in [5, 5.41) is 0. The van der Waals surface area contributed by atoms with Gasteiger partial charge in [-0.1, -0.05) is 36.4 Å². The molecule has 3 rings (SSSR count). The average Bonchev–Trinajstić information content (AvgIpc) is 2.65. The lowest BCUT2D eigenvalue weighted by molar-refractivity contribution is -0.135. The number of carbonyl (C=O) groups excluding carboxylic acids is 1. The molecule has 1 aliphatic heterocycles. The summed E-state index contributed by atoms with van der Waals surface area (Å²) in [6.07, 6.45) is 1.52. The SMILES string of the molecule is COc1ccccc1CCN(C)C(=O)C1COc2ccccc2C1. The van der Waals surface area contributed by atoms with E-state index in [1.807, 2.05) is 55.6 Å². The molecule has 1 unspecified atom stereocenters. The lowest BCUT2D eigenvalue weighted by Gasteiger charge is -2.28. The van der Waals surface area contributed by atoms with Gasteiger partial charge in [-0.25, -0.2) is 0 Å². The molecule has 2 aromatic rings. The third-order valence-electron chi connectivity index (χ3n) is 4.51. The summed E-state index contributed by atoms with van der Waals surface area (Å²) in [5.41, 5.74) is 2.23. The van der Waals surface area contributed by atoms with Crippen LogP contribution in [0.25, 0.3) is 0 Å². The smallest absolute Gasteiger partial charge is 0.229 e. The number of fused-ring (bicyclic) bond motifs is 1. The first-order valence-corrected chi connectivity index (χ1v) is 8.26. The zero-order chi connectivity index (χ0) is 16.9. The molecule has 1 amide bonds. The molecule has 4 heteroatoms. The van der Waals surface area contributed by atoms with E-state index in [0.29, 0.717) is 13.2 Å². The topological polar surface area (TPSA) is 38.8 Å². The van der Waals surface area contributed by atoms with Crippen LogP contribution in [0.5, 0.6) is 11.5 Å². The lowest BCUT2D eigenvalue weighted by Crippen LogP contribution is -2.39. The van der Waals surface area contributed by atoms with Crippen LogP contribution < -0.4 is 9.47 Å². The molecule has 0 aliphatic carbocycles. The largest absolute Gasteiger partial charge is 0.496 e. The van der Waals surface area contributed by atoms with Crippen molar-refractivity contribution in [2.24, 2.45) is 5.92 Å². The molecule has 4 nitrogen and oxygen atoms in total. The second kappa shape index (κ2) is 7.39. The molecule has 1 heterocycles. The Hall–Kier alpha value is -2.49. The van der Waals surface area contributed by atoms with E-state index in [4.69, 9.17) is 9.47 Å². The number of likely N-dealkylation sites (N-methyl/N-ethyl adjacent to an activating group) is 1. The molecule has 1 atom stereocenters. The van der Waals surface area contributed by atoms with Crippen molar-refractivity contribution in [1.29, 1.82) is 0 Å². The molecule has 0 fully saturated rings. The predicted molar refractivity (Wildman–Crippen MR) is 93.5 cm³/mol. The number of para-hydroxylation sites is 2. The summed E-state index contributed by atoms with van der Waals surface area (Å²) in [6.45, 7) is 1.12. The molecule has 0 saturated heterocycles. The average molecular weight is 325 g/mol. The van der Waals surface area contributed by atoms with Crippen molar-refractivity contribution in [3.8, 4) is 11.5 Å². The molecule has 0 spiro atoms. The fourth-order valence-electron chi connectivity index (χ4n) is 3.11. The van der Waals surface area contributed by atoms with Crippen LogP contribution >= 0.6 is 0 Å². The van der Waals surface area contributed by atoms with Gasteiger partial charge in [0.05, 0.1) is 13.0 Å². The third kappa shape index (κ3) is 3.53. The highest BCUT2D eigenvalue weighted by atomic mass is 16.5. The predicted octanol–water partition coefficient (Wildman–Crippen LogP) is 2.95. The Labute approximate surface area is 143 Å². The van der Waals surface area contributed by atoms with Crippen molar-refractivity contribution >= 4 is 5.91 Å². The molecule has 0 aromatic heterocycles. The van der Waals surface area contributed by atoms with Crippen molar-refractivity contribution in [1.82, 2.24) is 4.90 Å². The van der Waals surface area contributed by atoms with E-state index in [-0.39, 0.29) is 11.8 Å². The molecule has 0 radical (unpaired) electrons. The summed E-state index contributed by atoms with van der Waals surface area (Å²) in [7, 11) is 3.53. The van der Waals surface area contributed by atoms with Gasteiger partial charge in [0.15, 0.2) is 0 Å². The van der Waals surface area contributed by atoms with Crippen LogP contribution in [-0.2, 0) is 17.6 Å². The maximum absolute atomic E-state index is 12.7. The Morgan fingerprint density at radius 1 is 1.21 bits per heavy atom. The number of carbonyl (C=O) groups is 1. The Bertz CT molecular complexity index is 714.